The lowest BCUT2D eigenvalue weighted by molar-refractivity contribution is -0.120. The van der Waals surface area contributed by atoms with Crippen LogP contribution in [-0.2, 0) is 4.79 Å². The molecule has 2 aromatic heterocycles. The second kappa shape index (κ2) is 8.10. The van der Waals surface area contributed by atoms with Crippen LogP contribution in [0.2, 0.25) is 5.28 Å². The molecule has 0 saturated heterocycles. The maximum atomic E-state index is 12.0. The van der Waals surface area contributed by atoms with Gasteiger partial charge in [-0.2, -0.15) is 9.97 Å². The minimum absolute atomic E-state index is 0.0792. The molecule has 0 saturated carbocycles. The van der Waals surface area contributed by atoms with E-state index in [1.54, 1.807) is 0 Å². The number of carbonyl (C=O) groups excluding carboxylic acids is 1. The lowest BCUT2D eigenvalue weighted by Gasteiger charge is -2.15. The van der Waals surface area contributed by atoms with Crippen LogP contribution in [0.5, 0.6) is 0 Å². The first-order valence-corrected chi connectivity index (χ1v) is 8.23. The van der Waals surface area contributed by atoms with Crippen LogP contribution in [-0.4, -0.2) is 38.4 Å². The molecule has 0 unspecified atom stereocenters. The molecule has 8 heteroatoms. The SMILES string of the molecule is CC(C)CCC[C@H](C)NC(=O)CNc1nc(Cl)nc2nc[nH]c12. The van der Waals surface area contributed by atoms with E-state index in [0.717, 1.165) is 12.8 Å². The number of nitrogens with one attached hydrogen (secondary N) is 3. The molecule has 0 bridgehead atoms. The standard InChI is InChI=1S/C15H23ClN6O/c1-9(2)5-4-6-10(3)20-11(23)7-17-13-12-14(19-8-18-12)22-15(16)21-13/h8-10H,4-7H2,1-3H3,(H,20,23)(H2,17,18,19,21,22)/t10-/m0/s1. The van der Waals surface area contributed by atoms with Gasteiger partial charge in [-0.05, 0) is 30.9 Å². The first-order chi connectivity index (χ1) is 11.0. The molecule has 0 fully saturated rings. The number of H-pyrrole nitrogens is 1. The first kappa shape index (κ1) is 17.5. The van der Waals surface area contributed by atoms with Gasteiger partial charge in [-0.25, -0.2) is 4.98 Å². The highest BCUT2D eigenvalue weighted by atomic mass is 35.5. The summed E-state index contributed by atoms with van der Waals surface area (Å²) >= 11 is 5.85. The zero-order valence-electron chi connectivity index (χ0n) is 13.7. The van der Waals surface area contributed by atoms with Crippen molar-refractivity contribution in [1.82, 2.24) is 25.3 Å². The monoisotopic (exact) mass is 338 g/mol. The van der Waals surface area contributed by atoms with Gasteiger partial charge in [0.15, 0.2) is 11.5 Å². The Morgan fingerprint density at radius 2 is 2.09 bits per heavy atom. The van der Waals surface area contributed by atoms with Gasteiger partial charge in [0, 0.05) is 6.04 Å². The summed E-state index contributed by atoms with van der Waals surface area (Å²) in [7, 11) is 0. The highest BCUT2D eigenvalue weighted by Crippen LogP contribution is 2.18. The van der Waals surface area contributed by atoms with Gasteiger partial charge in [0.1, 0.15) is 5.52 Å². The molecule has 0 spiro atoms. The molecule has 0 aliphatic heterocycles. The second-order valence-corrected chi connectivity index (χ2v) is 6.43. The fourth-order valence-corrected chi connectivity index (χ4v) is 2.49. The summed E-state index contributed by atoms with van der Waals surface area (Å²) in [4.78, 5) is 27.0. The molecule has 3 N–H and O–H groups in total. The largest absolute Gasteiger partial charge is 0.359 e. The smallest absolute Gasteiger partial charge is 0.239 e. The van der Waals surface area contributed by atoms with Gasteiger partial charge < -0.3 is 15.6 Å². The number of carbonyl (C=O) groups is 1. The Morgan fingerprint density at radius 1 is 1.30 bits per heavy atom. The third-order valence-corrected chi connectivity index (χ3v) is 3.67. The van der Waals surface area contributed by atoms with E-state index in [1.165, 1.54) is 12.7 Å². The summed E-state index contributed by atoms with van der Waals surface area (Å²) in [5, 5.41) is 6.04. The molecule has 0 aromatic carbocycles. The topological polar surface area (TPSA) is 95.6 Å². The van der Waals surface area contributed by atoms with E-state index >= 15 is 0 Å². The Balaban J connectivity index is 1.82. The number of rotatable bonds is 8. The average Bonchev–Trinajstić information content (AvgIpc) is 2.92. The van der Waals surface area contributed by atoms with Crippen molar-refractivity contribution in [2.24, 2.45) is 5.92 Å². The number of nitrogens with zero attached hydrogens (tertiary/aromatic N) is 3. The van der Waals surface area contributed by atoms with Crippen LogP contribution in [0.4, 0.5) is 5.82 Å². The summed E-state index contributed by atoms with van der Waals surface area (Å²) in [5.74, 6) is 1.09. The van der Waals surface area contributed by atoms with Crippen LogP contribution in [0.3, 0.4) is 0 Å². The van der Waals surface area contributed by atoms with Crippen LogP contribution in [0.15, 0.2) is 6.33 Å². The lowest BCUT2D eigenvalue weighted by Crippen LogP contribution is -2.36. The normalized spacial score (nSPS) is 12.6. The van der Waals surface area contributed by atoms with Crippen LogP contribution in [0.1, 0.15) is 40.0 Å². The predicted molar refractivity (Wildman–Crippen MR) is 91.5 cm³/mol. The number of anilines is 1. The molecule has 2 aromatic rings. The fourth-order valence-electron chi connectivity index (χ4n) is 2.33. The summed E-state index contributed by atoms with van der Waals surface area (Å²) in [6.07, 6.45) is 4.78. The van der Waals surface area contributed by atoms with Gasteiger partial charge in [0.05, 0.1) is 12.9 Å². The van der Waals surface area contributed by atoms with Crippen molar-refractivity contribution in [3.05, 3.63) is 11.6 Å². The van der Waals surface area contributed by atoms with Gasteiger partial charge in [0.25, 0.3) is 0 Å². The van der Waals surface area contributed by atoms with Gasteiger partial charge in [-0.15, -0.1) is 0 Å². The summed E-state index contributed by atoms with van der Waals surface area (Å²) in [5.41, 5.74) is 1.10. The molecule has 0 aliphatic rings. The van der Waals surface area contributed by atoms with Crippen LogP contribution in [0.25, 0.3) is 11.2 Å². The van der Waals surface area contributed by atoms with Crippen molar-refractivity contribution in [2.45, 2.75) is 46.1 Å². The predicted octanol–water partition coefficient (Wildman–Crippen LogP) is 2.75. The Hall–Kier alpha value is -1.89. The van der Waals surface area contributed by atoms with E-state index in [-0.39, 0.29) is 23.8 Å². The molecule has 0 radical (unpaired) electrons. The molecule has 2 heterocycles. The number of amides is 1. The lowest BCUT2D eigenvalue weighted by atomic mass is 10.0. The van der Waals surface area contributed by atoms with Gasteiger partial charge in [0.2, 0.25) is 11.2 Å². The highest BCUT2D eigenvalue weighted by Gasteiger charge is 2.11. The molecular formula is C15H23ClN6O. The molecule has 2 rings (SSSR count). The Kier molecular flexibility index (Phi) is 6.15. The maximum absolute atomic E-state index is 12.0. The third kappa shape index (κ3) is 5.35. The zero-order chi connectivity index (χ0) is 16.8. The molecule has 126 valence electrons. The number of hydrogen-bond acceptors (Lipinski definition) is 5. The van der Waals surface area contributed by atoms with E-state index < -0.39 is 0 Å². The number of hydrogen-bond donors (Lipinski definition) is 3. The van der Waals surface area contributed by atoms with Crippen LogP contribution >= 0.6 is 11.6 Å². The molecule has 0 aliphatic carbocycles. The summed E-state index contributed by atoms with van der Waals surface area (Å²) in [6, 6.07) is 0.157. The molecule has 23 heavy (non-hydrogen) atoms. The van der Waals surface area contributed by atoms with Crippen molar-refractivity contribution in [1.29, 1.82) is 0 Å². The number of aromatic nitrogens is 4. The van der Waals surface area contributed by atoms with Gasteiger partial charge in [-0.1, -0.05) is 26.7 Å². The van der Waals surface area contributed by atoms with Gasteiger partial charge >= 0.3 is 0 Å². The zero-order valence-corrected chi connectivity index (χ0v) is 14.4. The van der Waals surface area contributed by atoms with Crippen molar-refractivity contribution in [3.63, 3.8) is 0 Å². The first-order valence-electron chi connectivity index (χ1n) is 7.85. The van der Waals surface area contributed by atoms with E-state index in [1.807, 2.05) is 6.92 Å². The Labute approximate surface area is 140 Å². The minimum Gasteiger partial charge on any atom is -0.359 e. The second-order valence-electron chi connectivity index (χ2n) is 6.09. The number of aromatic amines is 1. The molecule has 1 amide bonds. The van der Waals surface area contributed by atoms with E-state index in [2.05, 4.69) is 44.4 Å². The average molecular weight is 339 g/mol. The van der Waals surface area contributed by atoms with E-state index in [9.17, 15) is 4.79 Å². The number of fused-ring (bicyclic) bond motifs is 1. The Bertz CT molecular complexity index is 656. The van der Waals surface area contributed by atoms with Crippen molar-refractivity contribution in [3.8, 4) is 0 Å². The molecule has 1 atom stereocenters. The summed E-state index contributed by atoms with van der Waals surface area (Å²) in [6.45, 7) is 6.55. The van der Waals surface area contributed by atoms with Crippen LogP contribution < -0.4 is 10.6 Å². The van der Waals surface area contributed by atoms with Crippen LogP contribution in [0, 0.1) is 5.92 Å². The van der Waals surface area contributed by atoms with E-state index in [0.29, 0.717) is 22.9 Å². The van der Waals surface area contributed by atoms with Gasteiger partial charge in [-0.3, -0.25) is 4.79 Å². The minimum atomic E-state index is -0.0792. The summed E-state index contributed by atoms with van der Waals surface area (Å²) < 4.78 is 0. The third-order valence-electron chi connectivity index (χ3n) is 3.50. The van der Waals surface area contributed by atoms with Crippen molar-refractivity contribution >= 4 is 34.5 Å². The van der Waals surface area contributed by atoms with Crippen molar-refractivity contribution in [2.75, 3.05) is 11.9 Å². The number of halogens is 1. The highest BCUT2D eigenvalue weighted by molar-refractivity contribution is 6.28. The molecule has 7 nitrogen and oxygen atoms in total. The fraction of sp³-hybridized carbons (Fsp3) is 0.600. The maximum Gasteiger partial charge on any atom is 0.239 e. The van der Waals surface area contributed by atoms with E-state index in [4.69, 9.17) is 11.6 Å². The number of imidazole rings is 1. The quantitative estimate of drug-likeness (QED) is 0.643. The van der Waals surface area contributed by atoms with Crippen molar-refractivity contribution < 1.29 is 4.79 Å². The molecular weight excluding hydrogens is 316 g/mol. The Morgan fingerprint density at radius 3 is 2.83 bits per heavy atom.